The summed E-state index contributed by atoms with van der Waals surface area (Å²) in [6, 6.07) is 5.99. The molecule has 82 valence electrons. The van der Waals surface area contributed by atoms with Gasteiger partial charge in [-0.3, -0.25) is 0 Å². The molecule has 0 bridgehead atoms. The molecule has 0 aliphatic rings. The fraction of sp³-hybridized carbons (Fsp3) is 0.0909. The lowest BCUT2D eigenvalue weighted by atomic mass is 10.2. The third kappa shape index (κ3) is 2.49. The van der Waals surface area contributed by atoms with Gasteiger partial charge in [-0.15, -0.1) is 0 Å². The summed E-state index contributed by atoms with van der Waals surface area (Å²) in [6.45, 7) is 2.03. The van der Waals surface area contributed by atoms with Crippen LogP contribution in [0, 0.1) is 6.92 Å². The van der Waals surface area contributed by atoms with Gasteiger partial charge in [-0.25, -0.2) is 9.97 Å². The summed E-state index contributed by atoms with van der Waals surface area (Å²) in [6.07, 6.45) is 3.13. The van der Waals surface area contributed by atoms with Crippen molar-refractivity contribution < 1.29 is 0 Å². The average Bonchev–Trinajstić information content (AvgIpc) is 2.25. The molecule has 0 unspecified atom stereocenters. The van der Waals surface area contributed by atoms with Crippen molar-refractivity contribution in [2.24, 2.45) is 0 Å². The van der Waals surface area contributed by atoms with Gasteiger partial charge in [0.2, 0.25) is 0 Å². The number of nitrogens with two attached hydrogens (primary N) is 1. The first-order valence-electron chi connectivity index (χ1n) is 4.76. The van der Waals surface area contributed by atoms with Gasteiger partial charge in [-0.1, -0.05) is 15.9 Å². The molecule has 0 radical (unpaired) electrons. The maximum Gasteiger partial charge on any atom is 0.149 e. The molecular formula is C11H11BrN4. The number of hydrogen-bond acceptors (Lipinski definition) is 4. The lowest BCUT2D eigenvalue weighted by molar-refractivity contribution is 1.20. The highest BCUT2D eigenvalue weighted by Crippen LogP contribution is 2.22. The van der Waals surface area contributed by atoms with E-state index in [2.05, 4.69) is 31.2 Å². The zero-order valence-corrected chi connectivity index (χ0v) is 10.3. The number of nitrogens with zero attached hydrogens (tertiary/aromatic N) is 2. The summed E-state index contributed by atoms with van der Waals surface area (Å²) in [4.78, 5) is 8.09. The number of aryl methyl sites for hydroxylation is 1. The summed E-state index contributed by atoms with van der Waals surface area (Å²) in [5.41, 5.74) is 7.60. The molecule has 0 fully saturated rings. The Labute approximate surface area is 102 Å². The summed E-state index contributed by atoms with van der Waals surface area (Å²) in [7, 11) is 0. The van der Waals surface area contributed by atoms with E-state index in [0.29, 0.717) is 11.6 Å². The number of rotatable bonds is 2. The second-order valence-corrected chi connectivity index (χ2v) is 4.33. The quantitative estimate of drug-likeness (QED) is 0.887. The highest BCUT2D eigenvalue weighted by molar-refractivity contribution is 9.10. The third-order valence-corrected chi connectivity index (χ3v) is 2.62. The van der Waals surface area contributed by atoms with Crippen molar-refractivity contribution in [3.8, 4) is 0 Å². The van der Waals surface area contributed by atoms with Gasteiger partial charge < -0.3 is 11.1 Å². The number of hydrogen-bond donors (Lipinski definition) is 2. The molecule has 4 nitrogen and oxygen atoms in total. The lowest BCUT2D eigenvalue weighted by Gasteiger charge is -2.08. The summed E-state index contributed by atoms with van der Waals surface area (Å²) < 4.78 is 1.05. The Morgan fingerprint density at radius 3 is 2.69 bits per heavy atom. The van der Waals surface area contributed by atoms with Crippen LogP contribution >= 0.6 is 15.9 Å². The van der Waals surface area contributed by atoms with Gasteiger partial charge in [0, 0.05) is 10.2 Å². The molecule has 1 heterocycles. The fourth-order valence-electron chi connectivity index (χ4n) is 1.31. The van der Waals surface area contributed by atoms with Crippen molar-refractivity contribution in [3.63, 3.8) is 0 Å². The topological polar surface area (TPSA) is 63.8 Å². The van der Waals surface area contributed by atoms with E-state index < -0.39 is 0 Å². The number of halogens is 1. The minimum atomic E-state index is 0.415. The Morgan fingerprint density at radius 2 is 2.06 bits per heavy atom. The van der Waals surface area contributed by atoms with Crippen LogP contribution in [0.3, 0.4) is 0 Å². The largest absolute Gasteiger partial charge is 0.382 e. The van der Waals surface area contributed by atoms with Crippen molar-refractivity contribution in [1.29, 1.82) is 0 Å². The van der Waals surface area contributed by atoms with E-state index in [1.54, 1.807) is 6.20 Å². The Hall–Kier alpha value is -1.62. The van der Waals surface area contributed by atoms with E-state index in [1.807, 2.05) is 25.1 Å². The minimum absolute atomic E-state index is 0.415. The SMILES string of the molecule is Cc1cc(Br)ccc1Nc1cnc(N)cn1. The van der Waals surface area contributed by atoms with Crippen LogP contribution in [-0.2, 0) is 0 Å². The first-order valence-corrected chi connectivity index (χ1v) is 5.55. The Kier molecular flexibility index (Phi) is 3.05. The molecule has 1 aromatic carbocycles. The van der Waals surface area contributed by atoms with Gasteiger partial charge in [0.1, 0.15) is 11.6 Å². The van der Waals surface area contributed by atoms with Crippen molar-refractivity contribution in [3.05, 3.63) is 40.6 Å². The molecule has 16 heavy (non-hydrogen) atoms. The van der Waals surface area contributed by atoms with Gasteiger partial charge >= 0.3 is 0 Å². The fourth-order valence-corrected chi connectivity index (χ4v) is 1.78. The minimum Gasteiger partial charge on any atom is -0.382 e. The van der Waals surface area contributed by atoms with Gasteiger partial charge in [0.25, 0.3) is 0 Å². The summed E-state index contributed by atoms with van der Waals surface area (Å²) in [5.74, 6) is 1.10. The van der Waals surface area contributed by atoms with Crippen molar-refractivity contribution in [1.82, 2.24) is 9.97 Å². The van der Waals surface area contributed by atoms with Gasteiger partial charge in [-0.2, -0.15) is 0 Å². The first kappa shape index (κ1) is 10.9. The lowest BCUT2D eigenvalue weighted by Crippen LogP contribution is -1.98. The number of nitrogen functional groups attached to an aromatic ring is 1. The van der Waals surface area contributed by atoms with E-state index in [-0.39, 0.29) is 0 Å². The third-order valence-electron chi connectivity index (χ3n) is 2.12. The van der Waals surface area contributed by atoms with Gasteiger partial charge in [-0.05, 0) is 30.7 Å². The van der Waals surface area contributed by atoms with Crippen LogP contribution in [0.15, 0.2) is 35.1 Å². The van der Waals surface area contributed by atoms with Gasteiger partial charge in [0.05, 0.1) is 12.4 Å². The summed E-state index contributed by atoms with van der Waals surface area (Å²) >= 11 is 3.42. The van der Waals surface area contributed by atoms with Crippen molar-refractivity contribution in [2.45, 2.75) is 6.92 Å². The Bertz CT molecular complexity index is 496. The van der Waals surface area contributed by atoms with E-state index >= 15 is 0 Å². The van der Waals surface area contributed by atoms with E-state index in [9.17, 15) is 0 Å². The van der Waals surface area contributed by atoms with Gasteiger partial charge in [0.15, 0.2) is 0 Å². The predicted octanol–water partition coefficient (Wildman–Crippen LogP) is 2.87. The molecule has 2 rings (SSSR count). The highest BCUT2D eigenvalue weighted by atomic mass is 79.9. The molecule has 0 amide bonds. The zero-order valence-electron chi connectivity index (χ0n) is 8.74. The Balaban J connectivity index is 2.23. The van der Waals surface area contributed by atoms with E-state index in [0.717, 1.165) is 15.7 Å². The maximum atomic E-state index is 5.46. The van der Waals surface area contributed by atoms with Crippen molar-refractivity contribution >= 4 is 33.3 Å². The van der Waals surface area contributed by atoms with Crippen LogP contribution in [0.2, 0.25) is 0 Å². The molecule has 0 atom stereocenters. The predicted molar refractivity (Wildman–Crippen MR) is 68.6 cm³/mol. The molecule has 5 heteroatoms. The molecule has 0 saturated heterocycles. The van der Waals surface area contributed by atoms with E-state index in [1.165, 1.54) is 6.20 Å². The van der Waals surface area contributed by atoms with Crippen LogP contribution in [0.4, 0.5) is 17.3 Å². The maximum absolute atomic E-state index is 5.46. The van der Waals surface area contributed by atoms with Crippen LogP contribution in [-0.4, -0.2) is 9.97 Å². The second-order valence-electron chi connectivity index (χ2n) is 3.41. The summed E-state index contributed by atoms with van der Waals surface area (Å²) in [5, 5.41) is 3.18. The number of nitrogens with one attached hydrogen (secondary N) is 1. The number of anilines is 3. The molecule has 2 aromatic rings. The average molecular weight is 279 g/mol. The highest BCUT2D eigenvalue weighted by Gasteiger charge is 2.00. The smallest absolute Gasteiger partial charge is 0.149 e. The molecule has 0 saturated carbocycles. The van der Waals surface area contributed by atoms with Crippen LogP contribution in [0.5, 0.6) is 0 Å². The monoisotopic (exact) mass is 278 g/mol. The molecule has 0 aliphatic heterocycles. The molecule has 3 N–H and O–H groups in total. The molecule has 0 aliphatic carbocycles. The van der Waals surface area contributed by atoms with Crippen molar-refractivity contribution in [2.75, 3.05) is 11.1 Å². The molecular weight excluding hydrogens is 268 g/mol. The molecule has 0 spiro atoms. The van der Waals surface area contributed by atoms with Crippen LogP contribution in [0.25, 0.3) is 0 Å². The zero-order chi connectivity index (χ0) is 11.5. The number of benzene rings is 1. The van der Waals surface area contributed by atoms with E-state index in [4.69, 9.17) is 5.73 Å². The Morgan fingerprint density at radius 1 is 1.25 bits per heavy atom. The van der Waals surface area contributed by atoms with Crippen LogP contribution < -0.4 is 11.1 Å². The molecule has 1 aromatic heterocycles. The van der Waals surface area contributed by atoms with Crippen LogP contribution in [0.1, 0.15) is 5.56 Å². The standard InChI is InChI=1S/C11H11BrN4/c1-7-4-8(12)2-3-9(7)16-11-6-14-10(13)5-15-11/h2-6H,1H3,(H2,13,14)(H,15,16). The number of aromatic nitrogens is 2. The normalized spacial score (nSPS) is 10.1. The first-order chi connectivity index (χ1) is 7.65. The second kappa shape index (κ2) is 4.49.